The lowest BCUT2D eigenvalue weighted by Gasteiger charge is -2.03. The Bertz CT molecular complexity index is 908. The smallest absolute Gasteiger partial charge is 0.258 e. The number of nitro benzene ring substituents is 1. The summed E-state index contributed by atoms with van der Waals surface area (Å²) in [5.74, 6) is 0.706. The van der Waals surface area contributed by atoms with Gasteiger partial charge >= 0.3 is 0 Å². The molecule has 2 aromatic carbocycles. The highest BCUT2D eigenvalue weighted by molar-refractivity contribution is 7.98. The molecule has 0 aliphatic carbocycles. The van der Waals surface area contributed by atoms with E-state index < -0.39 is 4.92 Å². The van der Waals surface area contributed by atoms with Gasteiger partial charge in [0.2, 0.25) is 5.16 Å². The molecule has 126 valence electrons. The first-order chi connectivity index (χ1) is 12.2. The van der Waals surface area contributed by atoms with Crippen LogP contribution in [0.25, 0.3) is 0 Å². The number of nitrogens with zero attached hydrogens (tertiary/aromatic N) is 5. The third-order valence-corrected chi connectivity index (χ3v) is 4.09. The van der Waals surface area contributed by atoms with E-state index in [-0.39, 0.29) is 5.69 Å². The Balaban J connectivity index is 1.89. The summed E-state index contributed by atoms with van der Waals surface area (Å²) in [6, 6.07) is 16.2. The van der Waals surface area contributed by atoms with E-state index in [0.29, 0.717) is 23.0 Å². The molecule has 0 bridgehead atoms. The Kier molecular flexibility index (Phi) is 5.20. The highest BCUT2D eigenvalue weighted by atomic mass is 32.2. The van der Waals surface area contributed by atoms with Gasteiger partial charge in [0.1, 0.15) is 0 Å². The predicted octanol–water partition coefficient (Wildman–Crippen LogP) is 3.38. The highest BCUT2D eigenvalue weighted by Gasteiger charge is 2.11. The third-order valence-electron chi connectivity index (χ3n) is 3.47. The lowest BCUT2D eigenvalue weighted by Crippen LogP contribution is -2.01. The van der Waals surface area contributed by atoms with Crippen LogP contribution in [0.3, 0.4) is 0 Å². The fourth-order valence-corrected chi connectivity index (χ4v) is 2.72. The van der Waals surface area contributed by atoms with Crippen molar-refractivity contribution in [1.29, 1.82) is 0 Å². The molecule has 0 amide bonds. The Labute approximate surface area is 148 Å². The first-order valence-electron chi connectivity index (χ1n) is 7.48. The van der Waals surface area contributed by atoms with E-state index in [9.17, 15) is 10.1 Å². The Morgan fingerprint density at radius 2 is 2.00 bits per heavy atom. The van der Waals surface area contributed by atoms with Crippen LogP contribution in [0.2, 0.25) is 0 Å². The van der Waals surface area contributed by atoms with Crippen LogP contribution in [0.1, 0.15) is 17.0 Å². The van der Waals surface area contributed by atoms with Gasteiger partial charge in [-0.05, 0) is 11.8 Å². The van der Waals surface area contributed by atoms with Crippen molar-refractivity contribution >= 4 is 23.7 Å². The quantitative estimate of drug-likeness (QED) is 0.293. The number of hydrogen-bond donors (Lipinski definition) is 0. The minimum absolute atomic E-state index is 0.0299. The van der Waals surface area contributed by atoms with Gasteiger partial charge in [-0.2, -0.15) is 9.78 Å². The second kappa shape index (κ2) is 7.71. The summed E-state index contributed by atoms with van der Waals surface area (Å²) in [7, 11) is 0. The molecule has 0 saturated heterocycles. The molecule has 0 fully saturated rings. The van der Waals surface area contributed by atoms with Crippen LogP contribution in [0.15, 0.2) is 64.9 Å². The minimum atomic E-state index is -0.426. The Morgan fingerprint density at radius 1 is 1.20 bits per heavy atom. The molecule has 3 rings (SSSR count). The molecule has 0 N–H and O–H groups in total. The van der Waals surface area contributed by atoms with Crippen molar-refractivity contribution in [2.45, 2.75) is 11.6 Å². The van der Waals surface area contributed by atoms with Crippen molar-refractivity contribution < 1.29 is 4.92 Å². The average Bonchev–Trinajstić information content (AvgIpc) is 3.02. The molecule has 1 aromatic heterocycles. The van der Waals surface area contributed by atoms with Gasteiger partial charge in [-0.15, -0.1) is 10.2 Å². The van der Waals surface area contributed by atoms with E-state index in [4.69, 9.17) is 0 Å². The number of nitro groups is 1. The van der Waals surface area contributed by atoms with Gasteiger partial charge in [-0.25, -0.2) is 0 Å². The molecule has 0 unspecified atom stereocenters. The normalized spacial score (nSPS) is 11.1. The van der Waals surface area contributed by atoms with Gasteiger partial charge in [-0.3, -0.25) is 10.1 Å². The van der Waals surface area contributed by atoms with Crippen molar-refractivity contribution in [2.24, 2.45) is 5.10 Å². The number of hydrogen-bond acceptors (Lipinski definition) is 6. The number of non-ortho nitro benzene ring substituents is 1. The average molecular weight is 353 g/mol. The monoisotopic (exact) mass is 353 g/mol. The zero-order valence-electron chi connectivity index (χ0n) is 13.4. The minimum Gasteiger partial charge on any atom is -0.258 e. The van der Waals surface area contributed by atoms with Crippen molar-refractivity contribution in [3.05, 3.63) is 81.7 Å². The van der Waals surface area contributed by atoms with Gasteiger partial charge in [0.25, 0.3) is 5.69 Å². The predicted molar refractivity (Wildman–Crippen MR) is 97.1 cm³/mol. The van der Waals surface area contributed by atoms with Gasteiger partial charge in [0.05, 0.1) is 11.1 Å². The largest absolute Gasteiger partial charge is 0.270 e. The van der Waals surface area contributed by atoms with Crippen molar-refractivity contribution in [3.8, 4) is 0 Å². The molecule has 0 aliphatic rings. The Hall–Kier alpha value is -3.00. The van der Waals surface area contributed by atoms with Gasteiger partial charge in [0.15, 0.2) is 5.82 Å². The summed E-state index contributed by atoms with van der Waals surface area (Å²) in [5.41, 5.74) is 1.78. The van der Waals surface area contributed by atoms with E-state index >= 15 is 0 Å². The highest BCUT2D eigenvalue weighted by Crippen LogP contribution is 2.17. The molecule has 0 radical (unpaired) electrons. The molecule has 0 aliphatic heterocycles. The number of aromatic nitrogens is 3. The zero-order chi connectivity index (χ0) is 17.6. The molecule has 0 atom stereocenters. The number of thioether (sulfide) groups is 1. The summed E-state index contributed by atoms with van der Waals surface area (Å²) < 4.78 is 1.66. The maximum atomic E-state index is 10.9. The fraction of sp³-hybridized carbons (Fsp3) is 0.118. The van der Waals surface area contributed by atoms with Crippen LogP contribution in [0, 0.1) is 10.1 Å². The molecular formula is C17H15N5O2S. The van der Waals surface area contributed by atoms with Crippen LogP contribution >= 0.6 is 11.8 Å². The van der Waals surface area contributed by atoms with Gasteiger partial charge < -0.3 is 0 Å². The maximum Gasteiger partial charge on any atom is 0.270 e. The SMILES string of the molecule is CSc1nnc(Cc2ccccc2)n1/N=C\c1cccc([N+](=O)[O-])c1. The number of rotatable bonds is 6. The first-order valence-corrected chi connectivity index (χ1v) is 8.71. The van der Waals surface area contributed by atoms with E-state index in [1.807, 2.05) is 36.6 Å². The second-order valence-electron chi connectivity index (χ2n) is 5.17. The third kappa shape index (κ3) is 4.10. The molecule has 1 heterocycles. The van der Waals surface area contributed by atoms with Crippen LogP contribution in [-0.2, 0) is 6.42 Å². The molecule has 8 heteroatoms. The molecular weight excluding hydrogens is 338 g/mol. The molecule has 0 saturated carbocycles. The van der Waals surface area contributed by atoms with E-state index in [1.54, 1.807) is 23.0 Å². The summed E-state index contributed by atoms with van der Waals surface area (Å²) in [5, 5.41) is 24.3. The van der Waals surface area contributed by atoms with E-state index in [0.717, 1.165) is 5.56 Å². The molecule has 7 nitrogen and oxygen atoms in total. The van der Waals surface area contributed by atoms with E-state index in [1.165, 1.54) is 23.9 Å². The van der Waals surface area contributed by atoms with Crippen LogP contribution < -0.4 is 0 Å². The van der Waals surface area contributed by atoms with E-state index in [2.05, 4.69) is 15.3 Å². The summed E-state index contributed by atoms with van der Waals surface area (Å²) in [4.78, 5) is 10.5. The van der Waals surface area contributed by atoms with Crippen LogP contribution in [0.5, 0.6) is 0 Å². The second-order valence-corrected chi connectivity index (χ2v) is 5.95. The first kappa shape index (κ1) is 16.8. The summed E-state index contributed by atoms with van der Waals surface area (Å²) >= 11 is 1.44. The summed E-state index contributed by atoms with van der Waals surface area (Å²) in [6.07, 6.45) is 4.07. The summed E-state index contributed by atoms with van der Waals surface area (Å²) in [6.45, 7) is 0. The maximum absolute atomic E-state index is 10.9. The standard InChI is InChI=1S/C17H15N5O2S/c1-25-17-20-19-16(11-13-6-3-2-4-7-13)21(17)18-12-14-8-5-9-15(10-14)22(23)24/h2-10,12H,11H2,1H3/b18-12-. The Morgan fingerprint density at radius 3 is 2.72 bits per heavy atom. The topological polar surface area (TPSA) is 86.2 Å². The fourth-order valence-electron chi connectivity index (χ4n) is 2.27. The lowest BCUT2D eigenvalue weighted by molar-refractivity contribution is -0.384. The lowest BCUT2D eigenvalue weighted by atomic mass is 10.1. The van der Waals surface area contributed by atoms with Gasteiger partial charge in [0, 0.05) is 24.1 Å². The van der Waals surface area contributed by atoms with Crippen molar-refractivity contribution in [2.75, 3.05) is 6.26 Å². The number of benzene rings is 2. The van der Waals surface area contributed by atoms with Crippen LogP contribution in [-0.4, -0.2) is 32.3 Å². The molecule has 25 heavy (non-hydrogen) atoms. The van der Waals surface area contributed by atoms with Crippen LogP contribution in [0.4, 0.5) is 5.69 Å². The molecule has 3 aromatic rings. The molecule has 0 spiro atoms. The van der Waals surface area contributed by atoms with Crippen molar-refractivity contribution in [1.82, 2.24) is 14.9 Å². The zero-order valence-corrected chi connectivity index (χ0v) is 14.3. The van der Waals surface area contributed by atoms with Crippen molar-refractivity contribution in [3.63, 3.8) is 0 Å². The van der Waals surface area contributed by atoms with Gasteiger partial charge in [-0.1, -0.05) is 54.2 Å².